The summed E-state index contributed by atoms with van der Waals surface area (Å²) >= 11 is 0. The van der Waals surface area contributed by atoms with Crippen molar-refractivity contribution in [2.75, 3.05) is 19.6 Å². The number of ketones is 1. The molecule has 1 amide bonds. The third-order valence-electron chi connectivity index (χ3n) is 6.83. The number of carbonyl (C=O) groups is 2. The molecule has 2 N–H and O–H groups in total. The van der Waals surface area contributed by atoms with E-state index in [0.29, 0.717) is 62.0 Å². The first-order valence-electron chi connectivity index (χ1n) is 11.2. The SMILES string of the molecule is O=C(NO)c1ccc(Cn2c3c(c4cc(F)ccc42)C(=O)C(CN2CCC(F)C2)CC3)cc1. The molecule has 8 heteroatoms. The van der Waals surface area contributed by atoms with E-state index in [1.807, 2.05) is 9.47 Å². The number of benzene rings is 2. The molecule has 0 saturated carbocycles. The second kappa shape index (κ2) is 8.68. The van der Waals surface area contributed by atoms with Crippen molar-refractivity contribution < 1.29 is 23.6 Å². The summed E-state index contributed by atoms with van der Waals surface area (Å²) in [5.74, 6) is -1.20. The number of hydrogen-bond acceptors (Lipinski definition) is 4. The molecular weight excluding hydrogens is 428 g/mol. The molecule has 33 heavy (non-hydrogen) atoms. The van der Waals surface area contributed by atoms with Gasteiger partial charge in [0.25, 0.3) is 5.91 Å². The van der Waals surface area contributed by atoms with Crippen LogP contribution in [-0.2, 0) is 13.0 Å². The van der Waals surface area contributed by atoms with Gasteiger partial charge >= 0.3 is 0 Å². The molecule has 2 heterocycles. The predicted molar refractivity (Wildman–Crippen MR) is 119 cm³/mol. The number of rotatable bonds is 5. The highest BCUT2D eigenvalue weighted by Gasteiger charge is 2.35. The Morgan fingerprint density at radius 1 is 1.15 bits per heavy atom. The first-order chi connectivity index (χ1) is 15.9. The highest BCUT2D eigenvalue weighted by atomic mass is 19.1. The number of hydrogen-bond donors (Lipinski definition) is 2. The number of nitrogens with zero attached hydrogens (tertiary/aromatic N) is 2. The molecule has 2 aliphatic rings. The van der Waals surface area contributed by atoms with E-state index in [2.05, 4.69) is 0 Å². The fourth-order valence-corrected chi connectivity index (χ4v) is 5.19. The average Bonchev–Trinajstić information content (AvgIpc) is 3.36. The molecule has 0 bridgehead atoms. The van der Waals surface area contributed by atoms with Gasteiger partial charge in [-0.2, -0.15) is 0 Å². The van der Waals surface area contributed by atoms with Gasteiger partial charge in [-0.05, 0) is 55.2 Å². The maximum absolute atomic E-state index is 14.2. The number of hydroxylamine groups is 1. The number of halogens is 2. The van der Waals surface area contributed by atoms with Crippen molar-refractivity contribution in [3.8, 4) is 0 Å². The fourth-order valence-electron chi connectivity index (χ4n) is 5.19. The summed E-state index contributed by atoms with van der Waals surface area (Å²) in [6.45, 7) is 2.04. The minimum atomic E-state index is -0.829. The van der Waals surface area contributed by atoms with Crippen molar-refractivity contribution in [2.45, 2.75) is 32.0 Å². The van der Waals surface area contributed by atoms with Gasteiger partial charge in [0, 0.05) is 59.8 Å². The number of amides is 1. The average molecular weight is 453 g/mol. The van der Waals surface area contributed by atoms with Gasteiger partial charge in [-0.3, -0.25) is 19.7 Å². The number of Topliss-reactive ketones (excluding diaryl/α,β-unsaturated/α-hetero) is 1. The van der Waals surface area contributed by atoms with Crippen LogP contribution in [0.5, 0.6) is 0 Å². The van der Waals surface area contributed by atoms with Gasteiger partial charge < -0.3 is 4.57 Å². The summed E-state index contributed by atoms with van der Waals surface area (Å²) in [6, 6.07) is 11.3. The lowest BCUT2D eigenvalue weighted by Crippen LogP contribution is -2.35. The van der Waals surface area contributed by atoms with Crippen molar-refractivity contribution in [3.05, 3.63) is 70.7 Å². The molecule has 1 aliphatic heterocycles. The van der Waals surface area contributed by atoms with Crippen molar-refractivity contribution in [1.29, 1.82) is 0 Å². The van der Waals surface area contributed by atoms with Crippen LogP contribution in [0.15, 0.2) is 42.5 Å². The van der Waals surface area contributed by atoms with Gasteiger partial charge in [0.2, 0.25) is 0 Å². The van der Waals surface area contributed by atoms with E-state index >= 15 is 0 Å². The first-order valence-corrected chi connectivity index (χ1v) is 11.2. The van der Waals surface area contributed by atoms with Crippen LogP contribution in [0.25, 0.3) is 10.9 Å². The van der Waals surface area contributed by atoms with Gasteiger partial charge in [0.05, 0.1) is 0 Å². The Bertz CT molecular complexity index is 1220. The van der Waals surface area contributed by atoms with E-state index in [1.165, 1.54) is 12.1 Å². The van der Waals surface area contributed by atoms with Gasteiger partial charge in [0.15, 0.2) is 5.78 Å². The molecule has 3 aromatic rings. The van der Waals surface area contributed by atoms with Gasteiger partial charge in [-0.25, -0.2) is 14.3 Å². The monoisotopic (exact) mass is 453 g/mol. The number of fused-ring (bicyclic) bond motifs is 3. The van der Waals surface area contributed by atoms with E-state index in [4.69, 9.17) is 5.21 Å². The molecule has 1 aliphatic carbocycles. The third kappa shape index (κ3) is 4.05. The van der Waals surface area contributed by atoms with Crippen molar-refractivity contribution >= 4 is 22.6 Å². The fraction of sp³-hybridized carbons (Fsp3) is 0.360. The molecule has 6 nitrogen and oxygen atoms in total. The minimum Gasteiger partial charge on any atom is -0.339 e. The quantitative estimate of drug-likeness (QED) is 0.456. The summed E-state index contributed by atoms with van der Waals surface area (Å²) in [6.07, 6.45) is 1.04. The van der Waals surface area contributed by atoms with E-state index in [9.17, 15) is 18.4 Å². The Morgan fingerprint density at radius 3 is 2.64 bits per heavy atom. The number of alkyl halides is 1. The highest BCUT2D eigenvalue weighted by molar-refractivity contribution is 6.11. The standard InChI is InChI=1S/C25H25F2N3O3/c26-18-6-8-21-20(11-18)23-22(7-5-17(24(23)31)13-29-10-9-19(27)14-29)30(21)12-15-1-3-16(4-2-15)25(32)28-33/h1-4,6,8,11,17,19,33H,5,7,9-10,12-14H2,(H,28,32). The molecule has 2 aromatic carbocycles. The molecule has 2 atom stereocenters. The van der Waals surface area contributed by atoms with Crippen LogP contribution in [0, 0.1) is 11.7 Å². The number of carbonyl (C=O) groups excluding carboxylic acids is 2. The van der Waals surface area contributed by atoms with Crippen molar-refractivity contribution in [1.82, 2.24) is 14.9 Å². The Balaban J connectivity index is 1.49. The van der Waals surface area contributed by atoms with Crippen LogP contribution < -0.4 is 5.48 Å². The van der Waals surface area contributed by atoms with E-state index in [1.54, 1.807) is 35.8 Å². The largest absolute Gasteiger partial charge is 0.339 e. The first kappa shape index (κ1) is 21.7. The molecule has 5 rings (SSSR count). The Kier molecular flexibility index (Phi) is 5.72. The molecule has 2 unspecified atom stereocenters. The maximum Gasteiger partial charge on any atom is 0.274 e. The topological polar surface area (TPSA) is 74.6 Å². The zero-order valence-electron chi connectivity index (χ0n) is 18.1. The lowest BCUT2D eigenvalue weighted by Gasteiger charge is -2.26. The Labute approximate surface area is 189 Å². The van der Waals surface area contributed by atoms with Crippen molar-refractivity contribution in [3.63, 3.8) is 0 Å². The van der Waals surface area contributed by atoms with Crippen molar-refractivity contribution in [2.24, 2.45) is 5.92 Å². The second-order valence-electron chi connectivity index (χ2n) is 8.95. The summed E-state index contributed by atoms with van der Waals surface area (Å²) in [5, 5.41) is 9.41. The van der Waals surface area contributed by atoms with Crippen LogP contribution in [0.3, 0.4) is 0 Å². The smallest absolute Gasteiger partial charge is 0.274 e. The van der Waals surface area contributed by atoms with E-state index in [0.717, 1.165) is 16.8 Å². The maximum atomic E-state index is 14.2. The minimum absolute atomic E-state index is 0.00266. The van der Waals surface area contributed by atoms with Gasteiger partial charge in [0.1, 0.15) is 12.0 Å². The summed E-state index contributed by atoms with van der Waals surface area (Å²) in [5.41, 5.74) is 5.11. The zero-order valence-corrected chi connectivity index (χ0v) is 18.1. The Morgan fingerprint density at radius 2 is 1.94 bits per heavy atom. The van der Waals surface area contributed by atoms with Gasteiger partial charge in [-0.15, -0.1) is 0 Å². The number of likely N-dealkylation sites (tertiary alicyclic amines) is 1. The molecule has 1 aromatic heterocycles. The second-order valence-corrected chi connectivity index (χ2v) is 8.95. The number of nitrogens with one attached hydrogen (secondary N) is 1. The van der Waals surface area contributed by atoms with Crippen LogP contribution in [0.4, 0.5) is 8.78 Å². The van der Waals surface area contributed by atoms with Crippen LogP contribution in [0.1, 0.15) is 44.8 Å². The van der Waals surface area contributed by atoms with Crippen LogP contribution in [0.2, 0.25) is 0 Å². The number of aromatic nitrogens is 1. The summed E-state index contributed by atoms with van der Waals surface area (Å²) in [4.78, 5) is 27.1. The Hall–Kier alpha value is -3.10. The molecule has 172 valence electrons. The lowest BCUT2D eigenvalue weighted by molar-refractivity contribution is 0.0706. The summed E-state index contributed by atoms with van der Waals surface area (Å²) in [7, 11) is 0. The molecule has 1 saturated heterocycles. The molecule has 0 spiro atoms. The highest BCUT2D eigenvalue weighted by Crippen LogP contribution is 2.36. The van der Waals surface area contributed by atoms with Gasteiger partial charge in [-0.1, -0.05) is 12.1 Å². The summed E-state index contributed by atoms with van der Waals surface area (Å²) < 4.78 is 29.8. The van der Waals surface area contributed by atoms with E-state index < -0.39 is 17.9 Å². The normalized spacial score (nSPS) is 20.9. The third-order valence-corrected chi connectivity index (χ3v) is 6.83. The van der Waals surface area contributed by atoms with Crippen LogP contribution in [-0.4, -0.2) is 52.2 Å². The van der Waals surface area contributed by atoms with E-state index in [-0.39, 0.29) is 11.7 Å². The van der Waals surface area contributed by atoms with Crippen LogP contribution >= 0.6 is 0 Å². The molecular formula is C25H25F2N3O3. The predicted octanol–water partition coefficient (Wildman–Crippen LogP) is 3.74. The zero-order chi connectivity index (χ0) is 23.1. The molecule has 0 radical (unpaired) electrons. The lowest BCUT2D eigenvalue weighted by atomic mass is 9.84. The molecule has 1 fully saturated rings.